The number of nitrogens with one attached hydrogen (secondary N) is 1. The van der Waals surface area contributed by atoms with Crippen LogP contribution in [-0.4, -0.2) is 47.1 Å². The van der Waals surface area contributed by atoms with E-state index in [-0.39, 0.29) is 25.0 Å². The van der Waals surface area contributed by atoms with E-state index < -0.39 is 5.97 Å². The van der Waals surface area contributed by atoms with E-state index in [1.165, 1.54) is 12.8 Å². The minimum absolute atomic E-state index is 0.0544. The molecule has 0 spiro atoms. The minimum Gasteiger partial charge on any atom is -0.480 e. The zero-order chi connectivity index (χ0) is 13.7. The molecule has 2 N–H and O–H groups in total. The lowest BCUT2D eigenvalue weighted by atomic mass is 10.2. The Bertz CT molecular complexity index is 321. The van der Waals surface area contributed by atoms with Crippen molar-refractivity contribution in [2.24, 2.45) is 0 Å². The van der Waals surface area contributed by atoms with Gasteiger partial charge >= 0.3 is 5.97 Å². The number of carbonyl (C=O) groups is 2. The maximum atomic E-state index is 12.2. The lowest BCUT2D eigenvalue weighted by Crippen LogP contribution is -2.47. The van der Waals surface area contributed by atoms with Crippen molar-refractivity contribution in [1.29, 1.82) is 0 Å². The van der Waals surface area contributed by atoms with Gasteiger partial charge in [-0.3, -0.25) is 9.59 Å². The van der Waals surface area contributed by atoms with Gasteiger partial charge in [0.15, 0.2) is 0 Å². The summed E-state index contributed by atoms with van der Waals surface area (Å²) in [6.45, 7) is 0.129. The summed E-state index contributed by atoms with van der Waals surface area (Å²) in [6, 6.07) is 0.577. The molecule has 0 aromatic rings. The third kappa shape index (κ3) is 4.20. The summed E-state index contributed by atoms with van der Waals surface area (Å²) < 4.78 is 0. The predicted octanol–water partition coefficient (Wildman–Crippen LogP) is 1.37. The molecule has 2 aliphatic rings. The number of aliphatic carboxylic acids is 1. The first-order valence-electron chi connectivity index (χ1n) is 7.41. The molecule has 0 aromatic heterocycles. The van der Waals surface area contributed by atoms with Crippen LogP contribution >= 0.6 is 0 Å². The first-order valence-corrected chi connectivity index (χ1v) is 7.41. The third-order valence-corrected chi connectivity index (χ3v) is 4.29. The second-order valence-corrected chi connectivity index (χ2v) is 5.72. The Morgan fingerprint density at radius 1 is 1.05 bits per heavy atom. The number of nitrogens with zero attached hydrogens (tertiary/aromatic N) is 1. The lowest BCUT2D eigenvalue weighted by Gasteiger charge is -2.28. The summed E-state index contributed by atoms with van der Waals surface area (Å²) >= 11 is 0. The van der Waals surface area contributed by atoms with E-state index in [2.05, 4.69) is 5.32 Å². The molecule has 2 fully saturated rings. The maximum absolute atomic E-state index is 12.2. The Hall–Kier alpha value is -1.10. The topological polar surface area (TPSA) is 69.6 Å². The summed E-state index contributed by atoms with van der Waals surface area (Å²) in [5, 5.41) is 12.2. The van der Waals surface area contributed by atoms with Crippen LogP contribution in [0.2, 0.25) is 0 Å². The molecule has 5 nitrogen and oxygen atoms in total. The van der Waals surface area contributed by atoms with Crippen molar-refractivity contribution in [1.82, 2.24) is 10.2 Å². The Morgan fingerprint density at radius 2 is 1.63 bits per heavy atom. The number of hydrogen-bond acceptors (Lipinski definition) is 3. The third-order valence-electron chi connectivity index (χ3n) is 4.29. The number of rotatable bonds is 6. The molecule has 0 atom stereocenters. The Balaban J connectivity index is 1.84. The second-order valence-electron chi connectivity index (χ2n) is 5.72. The van der Waals surface area contributed by atoms with Crippen LogP contribution in [0, 0.1) is 0 Å². The van der Waals surface area contributed by atoms with Crippen molar-refractivity contribution in [2.45, 2.75) is 63.5 Å². The summed E-state index contributed by atoms with van der Waals surface area (Å²) in [4.78, 5) is 24.7. The second kappa shape index (κ2) is 6.89. The maximum Gasteiger partial charge on any atom is 0.323 e. The van der Waals surface area contributed by atoms with Crippen LogP contribution in [0.15, 0.2) is 0 Å². The summed E-state index contributed by atoms with van der Waals surface area (Å²) in [7, 11) is 0. The molecule has 0 saturated heterocycles. The van der Waals surface area contributed by atoms with E-state index in [0.717, 1.165) is 38.5 Å². The van der Waals surface area contributed by atoms with Gasteiger partial charge in [0.25, 0.3) is 0 Å². The molecule has 108 valence electrons. The molecule has 0 bridgehead atoms. The quantitative estimate of drug-likeness (QED) is 0.763. The molecule has 2 rings (SSSR count). The van der Waals surface area contributed by atoms with Crippen molar-refractivity contribution in [2.75, 3.05) is 13.1 Å². The first-order chi connectivity index (χ1) is 9.16. The highest BCUT2D eigenvalue weighted by Crippen LogP contribution is 2.23. The Kier molecular flexibility index (Phi) is 5.19. The van der Waals surface area contributed by atoms with Gasteiger partial charge in [-0.15, -0.1) is 0 Å². The van der Waals surface area contributed by atoms with Crippen molar-refractivity contribution >= 4 is 11.9 Å². The van der Waals surface area contributed by atoms with Crippen LogP contribution in [0.4, 0.5) is 0 Å². The number of carbonyl (C=O) groups excluding carboxylic acids is 1. The van der Waals surface area contributed by atoms with E-state index in [1.54, 1.807) is 4.90 Å². The molecule has 0 radical (unpaired) electrons. The first kappa shape index (κ1) is 14.3. The predicted molar refractivity (Wildman–Crippen MR) is 71.9 cm³/mol. The van der Waals surface area contributed by atoms with Gasteiger partial charge in [0.05, 0.1) is 6.54 Å². The highest BCUT2D eigenvalue weighted by atomic mass is 16.4. The fourth-order valence-electron chi connectivity index (χ4n) is 3.25. The molecular weight excluding hydrogens is 244 g/mol. The summed E-state index contributed by atoms with van der Waals surface area (Å²) in [5.41, 5.74) is 0. The highest BCUT2D eigenvalue weighted by Gasteiger charge is 2.28. The fourth-order valence-corrected chi connectivity index (χ4v) is 3.25. The largest absolute Gasteiger partial charge is 0.480 e. The average Bonchev–Trinajstić information content (AvgIpc) is 3.05. The van der Waals surface area contributed by atoms with Crippen LogP contribution in [0.1, 0.15) is 51.4 Å². The monoisotopic (exact) mass is 268 g/mol. The molecule has 5 heteroatoms. The molecule has 0 heterocycles. The van der Waals surface area contributed by atoms with Crippen molar-refractivity contribution in [3.8, 4) is 0 Å². The van der Waals surface area contributed by atoms with Crippen molar-refractivity contribution in [3.05, 3.63) is 0 Å². The van der Waals surface area contributed by atoms with Gasteiger partial charge in [0.1, 0.15) is 6.54 Å². The Labute approximate surface area is 114 Å². The number of amides is 1. The van der Waals surface area contributed by atoms with E-state index in [0.29, 0.717) is 6.04 Å². The number of carboxylic acids is 1. The molecular formula is C14H24N2O3. The SMILES string of the molecule is O=C(O)CN(C(=O)CNC1CCCC1)C1CCCC1. The van der Waals surface area contributed by atoms with E-state index in [9.17, 15) is 9.59 Å². The van der Waals surface area contributed by atoms with Gasteiger partial charge in [-0.2, -0.15) is 0 Å². The molecule has 2 saturated carbocycles. The average molecular weight is 268 g/mol. The number of carboxylic acid groups (broad SMARTS) is 1. The van der Waals surface area contributed by atoms with Gasteiger partial charge in [-0.05, 0) is 25.7 Å². The van der Waals surface area contributed by atoms with Crippen LogP contribution in [-0.2, 0) is 9.59 Å². The zero-order valence-corrected chi connectivity index (χ0v) is 11.4. The van der Waals surface area contributed by atoms with Crippen LogP contribution < -0.4 is 5.32 Å². The smallest absolute Gasteiger partial charge is 0.323 e. The van der Waals surface area contributed by atoms with Gasteiger partial charge in [0.2, 0.25) is 5.91 Å². The zero-order valence-electron chi connectivity index (χ0n) is 11.4. The normalized spacial score (nSPS) is 20.8. The minimum atomic E-state index is -0.916. The van der Waals surface area contributed by atoms with Crippen molar-refractivity contribution in [3.63, 3.8) is 0 Å². The highest BCUT2D eigenvalue weighted by molar-refractivity contribution is 5.83. The van der Waals surface area contributed by atoms with Crippen LogP contribution in [0.5, 0.6) is 0 Å². The standard InChI is InChI=1S/C14H24N2O3/c17-13(9-15-11-5-1-2-6-11)16(10-14(18)19)12-7-3-4-8-12/h11-12,15H,1-10H2,(H,18,19). The Morgan fingerprint density at radius 3 is 2.21 bits per heavy atom. The summed E-state index contributed by atoms with van der Waals surface area (Å²) in [5.74, 6) is -0.970. The van der Waals surface area contributed by atoms with Gasteiger partial charge in [-0.25, -0.2) is 0 Å². The molecule has 0 aromatic carbocycles. The molecule has 0 unspecified atom stereocenters. The van der Waals surface area contributed by atoms with Gasteiger partial charge in [0, 0.05) is 12.1 Å². The van der Waals surface area contributed by atoms with Gasteiger partial charge < -0.3 is 15.3 Å². The summed E-state index contributed by atoms with van der Waals surface area (Å²) in [6.07, 6.45) is 8.82. The lowest BCUT2D eigenvalue weighted by molar-refractivity contribution is -0.145. The van der Waals surface area contributed by atoms with Gasteiger partial charge in [-0.1, -0.05) is 25.7 Å². The molecule has 1 amide bonds. The van der Waals surface area contributed by atoms with E-state index in [4.69, 9.17) is 5.11 Å². The van der Waals surface area contributed by atoms with Crippen molar-refractivity contribution < 1.29 is 14.7 Å². The van der Waals surface area contributed by atoms with Crippen LogP contribution in [0.25, 0.3) is 0 Å². The fraction of sp³-hybridized carbons (Fsp3) is 0.857. The molecule has 0 aliphatic heterocycles. The molecule has 19 heavy (non-hydrogen) atoms. The molecule has 2 aliphatic carbocycles. The van der Waals surface area contributed by atoms with E-state index in [1.807, 2.05) is 0 Å². The van der Waals surface area contributed by atoms with E-state index >= 15 is 0 Å². The van der Waals surface area contributed by atoms with Crippen LogP contribution in [0.3, 0.4) is 0 Å². The number of hydrogen-bond donors (Lipinski definition) is 2.